The van der Waals surface area contributed by atoms with E-state index in [0.29, 0.717) is 5.56 Å². The highest BCUT2D eigenvalue weighted by atomic mass is 16.1. The first kappa shape index (κ1) is 15.4. The maximum atomic E-state index is 12.4. The van der Waals surface area contributed by atoms with Crippen LogP contribution >= 0.6 is 0 Å². The summed E-state index contributed by atoms with van der Waals surface area (Å²) in [5, 5.41) is 4.29. The summed E-state index contributed by atoms with van der Waals surface area (Å²) in [7, 11) is 1.67. The molecule has 2 aromatic rings. The Morgan fingerprint density at radius 1 is 1.14 bits per heavy atom. The van der Waals surface area contributed by atoms with Crippen LogP contribution in [-0.2, 0) is 7.05 Å². The molecule has 21 heavy (non-hydrogen) atoms. The lowest BCUT2D eigenvalue weighted by Gasteiger charge is -2.17. The maximum Gasteiger partial charge on any atom is 0.271 e. The Morgan fingerprint density at radius 3 is 2.38 bits per heavy atom. The average Bonchev–Trinajstić information content (AvgIpc) is 2.40. The highest BCUT2D eigenvalue weighted by Gasteiger charge is 2.18. The van der Waals surface area contributed by atoms with Crippen LogP contribution < -0.4 is 11.3 Å². The van der Waals surface area contributed by atoms with Crippen molar-refractivity contribution in [2.75, 3.05) is 0 Å². The molecular weight excluding hydrogens is 262 g/mol. The second-order valence-corrected chi connectivity index (χ2v) is 5.95. The molecule has 0 spiro atoms. The Hall–Kier alpha value is -1.94. The standard InChI is InChI=1S/C17H23N3O/c1-10(2)15-9-14(17(21)20(5)19-15)16(18)13-7-6-11(3)8-12(13)4/h6-10,16H,18H2,1-5H3. The van der Waals surface area contributed by atoms with Crippen molar-refractivity contribution in [2.24, 2.45) is 12.8 Å². The number of hydrogen-bond acceptors (Lipinski definition) is 3. The molecule has 0 saturated heterocycles. The average molecular weight is 285 g/mol. The van der Waals surface area contributed by atoms with Gasteiger partial charge in [-0.1, -0.05) is 37.6 Å². The fourth-order valence-electron chi connectivity index (χ4n) is 2.50. The van der Waals surface area contributed by atoms with Crippen LogP contribution in [0.2, 0.25) is 0 Å². The van der Waals surface area contributed by atoms with E-state index < -0.39 is 6.04 Å². The highest BCUT2D eigenvalue weighted by molar-refractivity contribution is 5.38. The van der Waals surface area contributed by atoms with E-state index in [1.54, 1.807) is 7.05 Å². The number of rotatable bonds is 3. The van der Waals surface area contributed by atoms with Crippen LogP contribution in [0.25, 0.3) is 0 Å². The zero-order valence-electron chi connectivity index (χ0n) is 13.3. The minimum absolute atomic E-state index is 0.133. The molecule has 0 saturated carbocycles. The number of nitrogens with two attached hydrogens (primary N) is 1. The molecule has 0 aliphatic rings. The molecule has 1 atom stereocenters. The first-order valence-corrected chi connectivity index (χ1v) is 7.22. The molecule has 112 valence electrons. The minimum atomic E-state index is -0.426. The fraction of sp³-hybridized carbons (Fsp3) is 0.412. The lowest BCUT2D eigenvalue weighted by molar-refractivity contribution is 0.633. The van der Waals surface area contributed by atoms with Gasteiger partial charge in [0, 0.05) is 12.6 Å². The van der Waals surface area contributed by atoms with Crippen LogP contribution in [0.4, 0.5) is 0 Å². The molecule has 0 aliphatic heterocycles. The van der Waals surface area contributed by atoms with Crippen LogP contribution in [0.1, 0.15) is 53.8 Å². The molecule has 2 rings (SSSR count). The number of nitrogens with zero attached hydrogens (tertiary/aromatic N) is 2. The number of hydrogen-bond donors (Lipinski definition) is 1. The predicted octanol–water partition coefficient (Wildman–Crippen LogP) is 2.57. The second-order valence-electron chi connectivity index (χ2n) is 5.95. The summed E-state index contributed by atoms with van der Waals surface area (Å²) in [6.07, 6.45) is 0. The number of benzene rings is 1. The first-order valence-electron chi connectivity index (χ1n) is 7.22. The van der Waals surface area contributed by atoms with E-state index >= 15 is 0 Å². The maximum absolute atomic E-state index is 12.4. The van der Waals surface area contributed by atoms with Crippen molar-refractivity contribution in [1.29, 1.82) is 0 Å². The summed E-state index contributed by atoms with van der Waals surface area (Å²) in [6, 6.07) is 7.53. The van der Waals surface area contributed by atoms with E-state index in [4.69, 9.17) is 5.73 Å². The van der Waals surface area contributed by atoms with Crippen molar-refractivity contribution < 1.29 is 0 Å². The Bertz CT molecular complexity index is 716. The molecule has 1 heterocycles. The Morgan fingerprint density at radius 2 is 1.81 bits per heavy atom. The monoisotopic (exact) mass is 285 g/mol. The molecule has 1 aromatic heterocycles. The van der Waals surface area contributed by atoms with Gasteiger partial charge in [0.1, 0.15) is 0 Å². The van der Waals surface area contributed by atoms with Crippen LogP contribution in [0.15, 0.2) is 29.1 Å². The third-order valence-corrected chi connectivity index (χ3v) is 3.80. The van der Waals surface area contributed by atoms with Crippen molar-refractivity contribution in [3.05, 3.63) is 62.6 Å². The lowest BCUT2D eigenvalue weighted by atomic mass is 9.94. The molecule has 4 heteroatoms. The Balaban J connectivity index is 2.57. The topological polar surface area (TPSA) is 60.9 Å². The van der Waals surface area contributed by atoms with Crippen molar-refractivity contribution in [1.82, 2.24) is 9.78 Å². The third kappa shape index (κ3) is 3.05. The predicted molar refractivity (Wildman–Crippen MR) is 85.5 cm³/mol. The lowest BCUT2D eigenvalue weighted by Crippen LogP contribution is -2.30. The van der Waals surface area contributed by atoms with Crippen LogP contribution in [0.5, 0.6) is 0 Å². The zero-order chi connectivity index (χ0) is 15.7. The van der Waals surface area contributed by atoms with E-state index in [-0.39, 0.29) is 11.5 Å². The van der Waals surface area contributed by atoms with Gasteiger partial charge in [-0.2, -0.15) is 5.10 Å². The summed E-state index contributed by atoms with van der Waals surface area (Å²) in [6.45, 7) is 8.18. The van der Waals surface area contributed by atoms with Gasteiger partial charge in [0.15, 0.2) is 0 Å². The molecular formula is C17H23N3O. The normalized spacial score (nSPS) is 12.7. The van der Waals surface area contributed by atoms with Crippen LogP contribution in [0.3, 0.4) is 0 Å². The van der Waals surface area contributed by atoms with E-state index in [1.165, 1.54) is 10.2 Å². The minimum Gasteiger partial charge on any atom is -0.320 e. The van der Waals surface area contributed by atoms with Crippen molar-refractivity contribution in [2.45, 2.75) is 39.7 Å². The van der Waals surface area contributed by atoms with E-state index in [9.17, 15) is 4.79 Å². The largest absolute Gasteiger partial charge is 0.320 e. The van der Waals surface area contributed by atoms with Crippen LogP contribution in [-0.4, -0.2) is 9.78 Å². The molecule has 0 bridgehead atoms. The van der Waals surface area contributed by atoms with E-state index in [0.717, 1.165) is 16.8 Å². The molecule has 0 fully saturated rings. The fourth-order valence-corrected chi connectivity index (χ4v) is 2.50. The van der Waals surface area contributed by atoms with Crippen LogP contribution in [0, 0.1) is 13.8 Å². The quantitative estimate of drug-likeness (QED) is 0.942. The Kier molecular flexibility index (Phi) is 4.28. The highest BCUT2D eigenvalue weighted by Crippen LogP contribution is 2.23. The van der Waals surface area contributed by atoms with Gasteiger partial charge in [-0.05, 0) is 37.0 Å². The smallest absolute Gasteiger partial charge is 0.271 e. The van der Waals surface area contributed by atoms with Gasteiger partial charge in [0.2, 0.25) is 0 Å². The summed E-state index contributed by atoms with van der Waals surface area (Å²) in [5.41, 5.74) is 11.0. The third-order valence-electron chi connectivity index (χ3n) is 3.80. The number of aryl methyl sites for hydroxylation is 3. The van der Waals surface area contributed by atoms with Crippen molar-refractivity contribution in [3.63, 3.8) is 0 Å². The molecule has 1 aromatic carbocycles. The van der Waals surface area contributed by atoms with Gasteiger partial charge in [0.25, 0.3) is 5.56 Å². The summed E-state index contributed by atoms with van der Waals surface area (Å²) in [5.74, 6) is 0.252. The van der Waals surface area contributed by atoms with E-state index in [2.05, 4.69) is 25.0 Å². The summed E-state index contributed by atoms with van der Waals surface area (Å²) >= 11 is 0. The molecule has 0 amide bonds. The van der Waals surface area contributed by atoms with Crippen molar-refractivity contribution >= 4 is 0 Å². The van der Waals surface area contributed by atoms with Gasteiger partial charge in [-0.15, -0.1) is 0 Å². The van der Waals surface area contributed by atoms with Gasteiger partial charge in [-0.25, -0.2) is 4.68 Å². The summed E-state index contributed by atoms with van der Waals surface area (Å²) in [4.78, 5) is 12.4. The van der Waals surface area contributed by atoms with Gasteiger partial charge in [0.05, 0.1) is 11.7 Å². The second kappa shape index (κ2) is 5.82. The SMILES string of the molecule is Cc1ccc(C(N)c2cc(C(C)C)nn(C)c2=O)c(C)c1. The van der Waals surface area contributed by atoms with Gasteiger partial charge >= 0.3 is 0 Å². The summed E-state index contributed by atoms with van der Waals surface area (Å²) < 4.78 is 1.38. The first-order chi connectivity index (χ1) is 9.81. The molecule has 1 unspecified atom stereocenters. The van der Waals surface area contributed by atoms with E-state index in [1.807, 2.05) is 32.0 Å². The Labute approximate surface area is 125 Å². The zero-order valence-corrected chi connectivity index (χ0v) is 13.3. The molecule has 2 N–H and O–H groups in total. The molecule has 0 aliphatic carbocycles. The number of aromatic nitrogens is 2. The van der Waals surface area contributed by atoms with Gasteiger partial charge < -0.3 is 5.73 Å². The molecule has 0 radical (unpaired) electrons. The van der Waals surface area contributed by atoms with Gasteiger partial charge in [-0.3, -0.25) is 4.79 Å². The van der Waals surface area contributed by atoms with Crippen molar-refractivity contribution in [3.8, 4) is 0 Å². The molecule has 4 nitrogen and oxygen atoms in total.